The molecule has 1 aromatic heterocycles. The Morgan fingerprint density at radius 2 is 2.07 bits per heavy atom. The van der Waals surface area contributed by atoms with Crippen LogP contribution in [0, 0.1) is 0 Å². The SMILES string of the molecule is CCn1cc[n+](CCOCCOC)c1.[Cl-]. The zero-order chi connectivity index (χ0) is 10.2. The molecule has 0 saturated carbocycles. The summed E-state index contributed by atoms with van der Waals surface area (Å²) in [6.45, 7) is 6.11. The van der Waals surface area contributed by atoms with Crippen molar-refractivity contribution < 1.29 is 26.4 Å². The van der Waals surface area contributed by atoms with Crippen LogP contribution < -0.4 is 17.0 Å². The second-order valence-electron chi connectivity index (χ2n) is 3.09. The maximum Gasteiger partial charge on any atom is 0.243 e. The highest BCUT2D eigenvalue weighted by Crippen LogP contribution is 1.83. The first-order chi connectivity index (χ1) is 6.86. The first-order valence-electron chi connectivity index (χ1n) is 4.98. The van der Waals surface area contributed by atoms with Gasteiger partial charge >= 0.3 is 0 Å². The molecule has 15 heavy (non-hydrogen) atoms. The third kappa shape index (κ3) is 5.77. The number of imidazole rings is 1. The monoisotopic (exact) mass is 234 g/mol. The lowest BCUT2D eigenvalue weighted by molar-refractivity contribution is -0.698. The third-order valence-corrected chi connectivity index (χ3v) is 2.04. The maximum absolute atomic E-state index is 5.37. The molecular weight excluding hydrogens is 216 g/mol. The molecule has 0 spiro atoms. The number of nitrogens with zero attached hydrogens (tertiary/aromatic N) is 2. The summed E-state index contributed by atoms with van der Waals surface area (Å²) in [6, 6.07) is 0. The minimum absolute atomic E-state index is 0. The normalized spacial score (nSPS) is 10.0. The van der Waals surface area contributed by atoms with E-state index in [0.29, 0.717) is 13.2 Å². The van der Waals surface area contributed by atoms with Crippen LogP contribution in [0.1, 0.15) is 6.92 Å². The number of halogens is 1. The van der Waals surface area contributed by atoms with Crippen LogP contribution in [0.25, 0.3) is 0 Å². The van der Waals surface area contributed by atoms with E-state index >= 15 is 0 Å². The molecule has 0 N–H and O–H groups in total. The van der Waals surface area contributed by atoms with E-state index in [1.54, 1.807) is 7.11 Å². The van der Waals surface area contributed by atoms with Gasteiger partial charge in [0.25, 0.3) is 0 Å². The average Bonchev–Trinajstić information content (AvgIpc) is 2.65. The van der Waals surface area contributed by atoms with Crippen LogP contribution in [-0.4, -0.2) is 31.5 Å². The van der Waals surface area contributed by atoms with Gasteiger partial charge < -0.3 is 21.9 Å². The van der Waals surface area contributed by atoms with E-state index in [4.69, 9.17) is 9.47 Å². The fourth-order valence-electron chi connectivity index (χ4n) is 1.17. The summed E-state index contributed by atoms with van der Waals surface area (Å²) in [6.07, 6.45) is 6.21. The second kappa shape index (κ2) is 8.71. The molecule has 0 bridgehead atoms. The summed E-state index contributed by atoms with van der Waals surface area (Å²) in [5, 5.41) is 0. The first-order valence-corrected chi connectivity index (χ1v) is 4.98. The number of hydrogen-bond donors (Lipinski definition) is 0. The average molecular weight is 235 g/mol. The van der Waals surface area contributed by atoms with Gasteiger partial charge in [-0.3, -0.25) is 0 Å². The smallest absolute Gasteiger partial charge is 0.243 e. The van der Waals surface area contributed by atoms with Gasteiger partial charge in [-0.05, 0) is 6.92 Å². The number of hydrogen-bond acceptors (Lipinski definition) is 2. The molecular formula is C10H19ClN2O2. The molecule has 0 atom stereocenters. The van der Waals surface area contributed by atoms with E-state index in [-0.39, 0.29) is 12.4 Å². The molecule has 0 radical (unpaired) electrons. The molecule has 1 rings (SSSR count). The highest BCUT2D eigenvalue weighted by atomic mass is 35.5. The summed E-state index contributed by atoms with van der Waals surface area (Å²) in [4.78, 5) is 0. The van der Waals surface area contributed by atoms with Crippen molar-refractivity contribution in [3.63, 3.8) is 0 Å². The molecule has 0 unspecified atom stereocenters. The van der Waals surface area contributed by atoms with Gasteiger partial charge in [-0.2, -0.15) is 0 Å². The summed E-state index contributed by atoms with van der Waals surface area (Å²) < 4.78 is 14.5. The minimum atomic E-state index is 0. The molecule has 4 nitrogen and oxygen atoms in total. The number of methoxy groups -OCH3 is 1. The maximum atomic E-state index is 5.37. The fraction of sp³-hybridized carbons (Fsp3) is 0.700. The largest absolute Gasteiger partial charge is 1.00 e. The van der Waals surface area contributed by atoms with Crippen LogP contribution >= 0.6 is 0 Å². The molecule has 0 saturated heterocycles. The lowest BCUT2D eigenvalue weighted by Gasteiger charge is -2.00. The van der Waals surface area contributed by atoms with Crippen molar-refractivity contribution in [2.24, 2.45) is 0 Å². The molecule has 0 amide bonds. The molecule has 1 aromatic rings. The minimum Gasteiger partial charge on any atom is -1.00 e. The quantitative estimate of drug-likeness (QED) is 0.384. The van der Waals surface area contributed by atoms with Crippen LogP contribution in [0.15, 0.2) is 18.7 Å². The Labute approximate surface area is 97.2 Å². The van der Waals surface area contributed by atoms with Gasteiger partial charge in [0.15, 0.2) is 0 Å². The lowest BCUT2D eigenvalue weighted by Crippen LogP contribution is -3.00. The summed E-state index contributed by atoms with van der Waals surface area (Å²) in [5.74, 6) is 0. The molecule has 5 heteroatoms. The standard InChI is InChI=1S/C10H19N2O2.ClH/c1-3-11-4-5-12(10-11)6-7-14-9-8-13-2;/h4-5,10H,3,6-9H2,1-2H3;1H/q+1;/p-1. The van der Waals surface area contributed by atoms with Gasteiger partial charge in [0.1, 0.15) is 18.9 Å². The summed E-state index contributed by atoms with van der Waals surface area (Å²) in [7, 11) is 1.68. The van der Waals surface area contributed by atoms with E-state index in [1.165, 1.54) is 0 Å². The van der Waals surface area contributed by atoms with E-state index in [2.05, 4.69) is 34.8 Å². The van der Waals surface area contributed by atoms with Crippen LogP contribution in [0.3, 0.4) is 0 Å². The summed E-state index contributed by atoms with van der Waals surface area (Å²) in [5.41, 5.74) is 0. The van der Waals surface area contributed by atoms with Crippen LogP contribution in [0.2, 0.25) is 0 Å². The Bertz CT molecular complexity index is 253. The van der Waals surface area contributed by atoms with Crippen molar-refractivity contribution in [1.82, 2.24) is 4.57 Å². The number of aromatic nitrogens is 2. The zero-order valence-corrected chi connectivity index (χ0v) is 10.1. The number of ether oxygens (including phenoxy) is 2. The van der Waals surface area contributed by atoms with Gasteiger partial charge in [-0.25, -0.2) is 9.13 Å². The van der Waals surface area contributed by atoms with Crippen LogP contribution in [0.5, 0.6) is 0 Å². The Kier molecular flexibility index (Phi) is 8.37. The third-order valence-electron chi connectivity index (χ3n) is 2.04. The molecule has 0 aliphatic carbocycles. The highest BCUT2D eigenvalue weighted by Gasteiger charge is 2.00. The highest BCUT2D eigenvalue weighted by molar-refractivity contribution is 4.64. The van der Waals surface area contributed by atoms with Crippen molar-refractivity contribution in [1.29, 1.82) is 0 Å². The fourth-order valence-corrected chi connectivity index (χ4v) is 1.17. The van der Waals surface area contributed by atoms with Gasteiger partial charge in [0.05, 0.1) is 26.4 Å². The van der Waals surface area contributed by atoms with Crippen molar-refractivity contribution in [2.75, 3.05) is 26.9 Å². The number of rotatable bonds is 7. The van der Waals surface area contributed by atoms with E-state index < -0.39 is 0 Å². The van der Waals surface area contributed by atoms with Gasteiger partial charge in [0.2, 0.25) is 6.33 Å². The Morgan fingerprint density at radius 3 is 2.67 bits per heavy atom. The Hall–Kier alpha value is -0.580. The Morgan fingerprint density at radius 1 is 1.27 bits per heavy atom. The van der Waals surface area contributed by atoms with Crippen molar-refractivity contribution >= 4 is 0 Å². The second-order valence-corrected chi connectivity index (χ2v) is 3.09. The van der Waals surface area contributed by atoms with Crippen molar-refractivity contribution in [3.05, 3.63) is 18.7 Å². The van der Waals surface area contributed by atoms with Crippen molar-refractivity contribution in [3.8, 4) is 0 Å². The lowest BCUT2D eigenvalue weighted by atomic mass is 10.6. The zero-order valence-electron chi connectivity index (χ0n) is 9.36. The van der Waals surface area contributed by atoms with E-state index in [1.807, 2.05) is 0 Å². The number of aryl methyl sites for hydroxylation is 1. The van der Waals surface area contributed by atoms with Crippen LogP contribution in [0.4, 0.5) is 0 Å². The molecule has 0 aromatic carbocycles. The van der Waals surface area contributed by atoms with Gasteiger partial charge in [-0.1, -0.05) is 0 Å². The van der Waals surface area contributed by atoms with Gasteiger partial charge in [-0.15, -0.1) is 0 Å². The predicted molar refractivity (Wildman–Crippen MR) is 53.0 cm³/mol. The topological polar surface area (TPSA) is 27.3 Å². The van der Waals surface area contributed by atoms with E-state index in [9.17, 15) is 0 Å². The van der Waals surface area contributed by atoms with Crippen LogP contribution in [-0.2, 0) is 22.6 Å². The van der Waals surface area contributed by atoms with Gasteiger partial charge in [0, 0.05) is 7.11 Å². The Balaban J connectivity index is 0.00000196. The molecule has 0 fully saturated rings. The summed E-state index contributed by atoms with van der Waals surface area (Å²) >= 11 is 0. The predicted octanol–water partition coefficient (Wildman–Crippen LogP) is -2.54. The molecule has 1 heterocycles. The first kappa shape index (κ1) is 14.4. The van der Waals surface area contributed by atoms with E-state index in [0.717, 1.165) is 19.7 Å². The molecule has 0 aliphatic heterocycles. The van der Waals surface area contributed by atoms with Crippen molar-refractivity contribution in [2.45, 2.75) is 20.0 Å². The molecule has 88 valence electrons. The molecule has 0 aliphatic rings.